The standard InChI is InChI=1S/C37H49ClN4O6/c1-37(2,26-14-9-15-27(38)22-26)32(24-12-7-4-8-13-24)42(36(47)48)30(20-23-10-5-3-6-11-23)34(45)41-29(21-25-18-19-39-33(25)44)31(43)35(46)40-28-16-17-28/h4,7-9,12-15,22-23,25,28-32,43H,3,5-6,10-11,16-21H2,1-2H3,(H,39,44)(H,40,46)(H,41,45)(H,47,48)/t25-,29-,30-,31?,32?/m0/s1. The minimum Gasteiger partial charge on any atom is -0.465 e. The summed E-state index contributed by atoms with van der Waals surface area (Å²) < 4.78 is 0. The summed E-state index contributed by atoms with van der Waals surface area (Å²) in [7, 11) is 0. The van der Waals surface area contributed by atoms with Gasteiger partial charge in [0.2, 0.25) is 11.8 Å². The topological polar surface area (TPSA) is 148 Å². The van der Waals surface area contributed by atoms with E-state index in [1.54, 1.807) is 6.07 Å². The van der Waals surface area contributed by atoms with Crippen LogP contribution in [0.4, 0.5) is 4.79 Å². The Hall–Kier alpha value is -3.63. The number of hydrogen-bond donors (Lipinski definition) is 5. The molecule has 4 amide bonds. The first-order valence-electron chi connectivity index (χ1n) is 17.3. The lowest BCUT2D eigenvalue weighted by atomic mass is 9.73. The zero-order chi connectivity index (χ0) is 34.4. The molecule has 0 aromatic heterocycles. The van der Waals surface area contributed by atoms with Gasteiger partial charge in [0.1, 0.15) is 6.04 Å². The van der Waals surface area contributed by atoms with Gasteiger partial charge in [0.25, 0.3) is 5.91 Å². The summed E-state index contributed by atoms with van der Waals surface area (Å²) >= 11 is 6.43. The van der Waals surface area contributed by atoms with Gasteiger partial charge >= 0.3 is 6.09 Å². The predicted molar refractivity (Wildman–Crippen MR) is 183 cm³/mol. The quantitative estimate of drug-likeness (QED) is 0.182. The first-order valence-corrected chi connectivity index (χ1v) is 17.7. The highest BCUT2D eigenvalue weighted by Gasteiger charge is 2.46. The molecule has 5 N–H and O–H groups in total. The predicted octanol–water partition coefficient (Wildman–Crippen LogP) is 5.33. The van der Waals surface area contributed by atoms with Gasteiger partial charge in [-0.3, -0.25) is 19.3 Å². The van der Waals surface area contributed by atoms with Crippen LogP contribution >= 0.6 is 11.6 Å². The summed E-state index contributed by atoms with van der Waals surface area (Å²) in [6.45, 7) is 4.38. The highest BCUT2D eigenvalue weighted by molar-refractivity contribution is 6.30. The Morgan fingerprint density at radius 3 is 2.27 bits per heavy atom. The van der Waals surface area contributed by atoms with Gasteiger partial charge < -0.3 is 26.2 Å². The summed E-state index contributed by atoms with van der Waals surface area (Å²) in [5, 5.41) is 31.4. The van der Waals surface area contributed by atoms with Crippen molar-refractivity contribution in [3.05, 3.63) is 70.7 Å². The fourth-order valence-corrected chi connectivity index (χ4v) is 7.73. The van der Waals surface area contributed by atoms with Crippen molar-refractivity contribution in [2.45, 2.75) is 114 Å². The molecule has 11 heteroatoms. The largest absolute Gasteiger partial charge is 0.465 e. The molecule has 1 saturated heterocycles. The monoisotopic (exact) mass is 680 g/mol. The smallest absolute Gasteiger partial charge is 0.408 e. The maximum atomic E-state index is 14.7. The van der Waals surface area contributed by atoms with Crippen molar-refractivity contribution in [2.75, 3.05) is 6.54 Å². The number of halogens is 1. The van der Waals surface area contributed by atoms with Crippen LogP contribution in [0.2, 0.25) is 5.02 Å². The number of nitrogens with one attached hydrogen (secondary N) is 3. The van der Waals surface area contributed by atoms with E-state index in [9.17, 15) is 29.4 Å². The third-order valence-electron chi connectivity index (χ3n) is 10.4. The Labute approximate surface area is 288 Å². The molecule has 3 fully saturated rings. The molecule has 5 atom stereocenters. The number of amides is 4. The van der Waals surface area contributed by atoms with Gasteiger partial charge in [-0.25, -0.2) is 4.79 Å². The lowest BCUT2D eigenvalue weighted by molar-refractivity contribution is -0.135. The Morgan fingerprint density at radius 2 is 1.67 bits per heavy atom. The molecule has 2 aromatic rings. The molecular weight excluding hydrogens is 632 g/mol. The SMILES string of the molecule is CC(C)(c1cccc(Cl)c1)C(c1ccccc1)N(C(=O)O)[C@@H](CC1CCCCC1)C(=O)N[C@@H](C[C@@H]1CCNC1=O)C(O)C(=O)NC1CC1. The van der Waals surface area contributed by atoms with E-state index in [4.69, 9.17) is 11.6 Å². The molecule has 3 aliphatic rings. The maximum absolute atomic E-state index is 14.7. The summed E-state index contributed by atoms with van der Waals surface area (Å²) in [5.41, 5.74) is 0.680. The molecule has 1 heterocycles. The average molecular weight is 681 g/mol. The molecule has 0 radical (unpaired) electrons. The fourth-order valence-electron chi connectivity index (χ4n) is 7.54. The number of carbonyl (C=O) groups is 4. The second kappa shape index (κ2) is 15.7. The van der Waals surface area contributed by atoms with Crippen molar-refractivity contribution in [3.63, 3.8) is 0 Å². The van der Waals surface area contributed by atoms with E-state index in [0.29, 0.717) is 23.6 Å². The molecule has 2 aromatic carbocycles. The van der Waals surface area contributed by atoms with Crippen LogP contribution in [0.5, 0.6) is 0 Å². The van der Waals surface area contributed by atoms with E-state index in [2.05, 4.69) is 16.0 Å². The van der Waals surface area contributed by atoms with Crippen LogP contribution in [-0.4, -0.2) is 69.7 Å². The number of aliphatic hydroxyl groups is 1. The first kappa shape index (κ1) is 35.7. The van der Waals surface area contributed by atoms with Crippen LogP contribution in [0.25, 0.3) is 0 Å². The van der Waals surface area contributed by atoms with Crippen molar-refractivity contribution < 1.29 is 29.4 Å². The molecule has 2 unspecified atom stereocenters. The number of aliphatic hydroxyl groups excluding tert-OH is 1. The van der Waals surface area contributed by atoms with Gasteiger partial charge in [-0.15, -0.1) is 0 Å². The normalized spacial score (nSPS) is 21.0. The van der Waals surface area contributed by atoms with Crippen LogP contribution in [0.3, 0.4) is 0 Å². The summed E-state index contributed by atoms with van der Waals surface area (Å²) in [5.74, 6) is -1.77. The maximum Gasteiger partial charge on any atom is 0.408 e. The zero-order valence-corrected chi connectivity index (χ0v) is 28.6. The number of hydrogen-bond acceptors (Lipinski definition) is 5. The van der Waals surface area contributed by atoms with E-state index in [1.165, 1.54) is 4.90 Å². The lowest BCUT2D eigenvalue weighted by Gasteiger charge is -2.45. The van der Waals surface area contributed by atoms with Crippen LogP contribution < -0.4 is 16.0 Å². The highest BCUT2D eigenvalue weighted by Crippen LogP contribution is 2.44. The zero-order valence-electron chi connectivity index (χ0n) is 27.9. The van der Waals surface area contributed by atoms with E-state index >= 15 is 0 Å². The summed E-state index contributed by atoms with van der Waals surface area (Å²) in [6.07, 6.45) is 4.48. The van der Waals surface area contributed by atoms with Gasteiger partial charge in [0.05, 0.1) is 12.1 Å². The number of benzene rings is 2. The molecule has 260 valence electrons. The van der Waals surface area contributed by atoms with E-state index < -0.39 is 53.5 Å². The fraction of sp³-hybridized carbons (Fsp3) is 0.568. The second-order valence-corrected chi connectivity index (χ2v) is 14.8. The Bertz CT molecular complexity index is 1440. The van der Waals surface area contributed by atoms with Crippen LogP contribution in [0.15, 0.2) is 54.6 Å². The minimum absolute atomic E-state index is 0.0137. The first-order chi connectivity index (χ1) is 23.0. The molecule has 48 heavy (non-hydrogen) atoms. The summed E-state index contributed by atoms with van der Waals surface area (Å²) in [4.78, 5) is 55.2. The molecule has 0 bridgehead atoms. The summed E-state index contributed by atoms with van der Waals surface area (Å²) in [6, 6.07) is 13.6. The molecule has 2 saturated carbocycles. The van der Waals surface area contributed by atoms with Crippen molar-refractivity contribution >= 4 is 35.4 Å². The van der Waals surface area contributed by atoms with E-state index in [1.807, 2.05) is 62.4 Å². The minimum atomic E-state index is -1.61. The number of carboxylic acid groups (broad SMARTS) is 1. The molecule has 10 nitrogen and oxygen atoms in total. The van der Waals surface area contributed by atoms with Crippen molar-refractivity contribution in [3.8, 4) is 0 Å². The van der Waals surface area contributed by atoms with E-state index in [-0.39, 0.29) is 30.7 Å². The Kier molecular flexibility index (Phi) is 11.7. The molecule has 1 aliphatic heterocycles. The molecule has 5 rings (SSSR count). The number of nitrogens with zero attached hydrogens (tertiary/aromatic N) is 1. The Balaban J connectivity index is 1.54. The van der Waals surface area contributed by atoms with Crippen LogP contribution in [-0.2, 0) is 19.8 Å². The van der Waals surface area contributed by atoms with Gasteiger partial charge in [0, 0.05) is 28.9 Å². The van der Waals surface area contributed by atoms with Gasteiger partial charge in [0.15, 0.2) is 6.10 Å². The van der Waals surface area contributed by atoms with Crippen molar-refractivity contribution in [1.29, 1.82) is 0 Å². The van der Waals surface area contributed by atoms with Crippen LogP contribution in [0, 0.1) is 11.8 Å². The van der Waals surface area contributed by atoms with Crippen molar-refractivity contribution in [2.24, 2.45) is 11.8 Å². The van der Waals surface area contributed by atoms with Gasteiger partial charge in [-0.05, 0) is 61.3 Å². The second-order valence-electron chi connectivity index (χ2n) is 14.3. The van der Waals surface area contributed by atoms with Crippen molar-refractivity contribution in [1.82, 2.24) is 20.9 Å². The number of rotatable bonds is 14. The molecule has 0 spiro atoms. The Morgan fingerprint density at radius 1 is 0.958 bits per heavy atom. The van der Waals surface area contributed by atoms with Crippen LogP contribution in [0.1, 0.15) is 95.2 Å². The molecular formula is C37H49ClN4O6. The third kappa shape index (κ3) is 8.69. The number of carbonyl (C=O) groups excluding carboxylic acids is 3. The van der Waals surface area contributed by atoms with E-state index in [0.717, 1.165) is 50.5 Å². The van der Waals surface area contributed by atoms with Gasteiger partial charge in [-0.2, -0.15) is 0 Å². The highest BCUT2D eigenvalue weighted by atomic mass is 35.5. The lowest BCUT2D eigenvalue weighted by Crippen LogP contribution is -2.59. The van der Waals surface area contributed by atoms with Gasteiger partial charge in [-0.1, -0.05) is 100 Å². The average Bonchev–Trinajstić information content (AvgIpc) is 3.80. The molecule has 2 aliphatic carbocycles. The third-order valence-corrected chi connectivity index (χ3v) is 10.6.